The van der Waals surface area contributed by atoms with Crippen molar-refractivity contribution in [2.45, 2.75) is 32.1 Å². The van der Waals surface area contributed by atoms with Crippen molar-refractivity contribution < 1.29 is 9.47 Å². The fraction of sp³-hybridized carbons (Fsp3) is 0.104. The minimum absolute atomic E-state index is 0.146. The van der Waals surface area contributed by atoms with Gasteiger partial charge in [-0.3, -0.25) is 0 Å². The molecular weight excluding hydrogens is 697 g/mol. The molecule has 9 rings (SSSR count). The zero-order valence-electron chi connectivity index (χ0n) is 30.7. The van der Waals surface area contributed by atoms with Gasteiger partial charge in [-0.25, -0.2) is 4.98 Å². The molecule has 55 heavy (non-hydrogen) atoms. The maximum atomic E-state index is 6.17. The molecule has 6 nitrogen and oxygen atoms in total. The van der Waals surface area contributed by atoms with Crippen LogP contribution in [-0.2, 0) is 5.41 Å². The molecule has 7 aromatic carbocycles. The van der Waals surface area contributed by atoms with Crippen molar-refractivity contribution in [3.8, 4) is 44.7 Å². The Morgan fingerprint density at radius 1 is 0.545 bits per heavy atom. The second-order valence-corrected chi connectivity index (χ2v) is 15.0. The van der Waals surface area contributed by atoms with Crippen molar-refractivity contribution in [1.29, 1.82) is 0 Å². The van der Waals surface area contributed by atoms with Crippen LogP contribution in [0.2, 0.25) is 0 Å². The number of nitrogen functional groups attached to an aromatic ring is 2. The molecule has 0 aliphatic heterocycles. The van der Waals surface area contributed by atoms with E-state index in [1.54, 1.807) is 11.3 Å². The summed E-state index contributed by atoms with van der Waals surface area (Å²) in [5.41, 5.74) is 23.7. The highest BCUT2D eigenvalue weighted by Crippen LogP contribution is 2.55. The molecule has 1 heterocycles. The molecule has 0 saturated heterocycles. The Kier molecular flexibility index (Phi) is 8.72. The maximum absolute atomic E-state index is 6.17. The number of rotatable bonds is 10. The van der Waals surface area contributed by atoms with Crippen LogP contribution in [0.4, 0.5) is 28.4 Å². The van der Waals surface area contributed by atoms with Crippen LogP contribution in [0, 0.1) is 0 Å². The molecule has 0 saturated carbocycles. The Bertz CT molecular complexity index is 2510. The van der Waals surface area contributed by atoms with Gasteiger partial charge in [0.2, 0.25) is 0 Å². The molecule has 0 radical (unpaired) electrons. The van der Waals surface area contributed by atoms with Crippen molar-refractivity contribution in [2.24, 2.45) is 0 Å². The quantitative estimate of drug-likeness (QED) is 0.136. The number of ether oxygens (including phenoxy) is 2. The van der Waals surface area contributed by atoms with E-state index >= 15 is 0 Å². The molecule has 0 fully saturated rings. The number of para-hydroxylation sites is 1. The zero-order valence-corrected chi connectivity index (χ0v) is 31.5. The summed E-state index contributed by atoms with van der Waals surface area (Å²) in [6.07, 6.45) is 1.95. The molecule has 270 valence electrons. The topological polar surface area (TPSA) is 86.6 Å². The van der Waals surface area contributed by atoms with Crippen molar-refractivity contribution in [2.75, 3.05) is 16.4 Å². The van der Waals surface area contributed by atoms with Gasteiger partial charge in [-0.05, 0) is 162 Å². The fourth-order valence-electron chi connectivity index (χ4n) is 7.88. The lowest BCUT2D eigenvalue weighted by Crippen LogP contribution is -2.23. The van der Waals surface area contributed by atoms with Gasteiger partial charge in [-0.15, -0.1) is 11.3 Å². The molecule has 0 spiro atoms. The molecule has 1 aromatic heterocycles. The minimum Gasteiger partial charge on any atom is -0.457 e. The summed E-state index contributed by atoms with van der Waals surface area (Å²) in [5.74, 6) is 2.95. The predicted octanol–water partition coefficient (Wildman–Crippen LogP) is 13.3. The van der Waals surface area contributed by atoms with Crippen LogP contribution >= 0.6 is 11.3 Å². The minimum atomic E-state index is -0.146. The normalized spacial score (nSPS) is 12.6. The van der Waals surface area contributed by atoms with Crippen LogP contribution in [0.15, 0.2) is 158 Å². The number of fused-ring (bicyclic) bond motifs is 4. The summed E-state index contributed by atoms with van der Waals surface area (Å²) in [5, 5.41) is 1.06. The lowest BCUT2D eigenvalue weighted by atomic mass is 9.73. The second-order valence-electron chi connectivity index (χ2n) is 13.9. The van der Waals surface area contributed by atoms with Gasteiger partial charge in [0.15, 0.2) is 0 Å². The molecular formula is C48H40N4O2S. The van der Waals surface area contributed by atoms with E-state index in [1.807, 2.05) is 72.8 Å². The Labute approximate surface area is 325 Å². The van der Waals surface area contributed by atoms with Crippen LogP contribution in [0.25, 0.3) is 31.9 Å². The largest absolute Gasteiger partial charge is 0.457 e. The molecule has 1 aliphatic rings. The summed E-state index contributed by atoms with van der Waals surface area (Å²) in [6, 6.07) is 53.6. The average molecular weight is 737 g/mol. The Balaban J connectivity index is 1.10. The van der Waals surface area contributed by atoms with E-state index in [4.69, 9.17) is 25.9 Å². The number of nitrogens with two attached hydrogens (primary N) is 2. The maximum Gasteiger partial charge on any atom is 0.127 e. The Hall–Kier alpha value is -6.57. The summed E-state index contributed by atoms with van der Waals surface area (Å²) >= 11 is 1.75. The third kappa shape index (κ3) is 6.32. The smallest absolute Gasteiger partial charge is 0.127 e. The highest BCUT2D eigenvalue weighted by molar-refractivity contribution is 7.21. The highest BCUT2D eigenvalue weighted by Gasteiger charge is 2.41. The number of hydrogen-bond acceptors (Lipinski definition) is 7. The van der Waals surface area contributed by atoms with E-state index in [0.29, 0.717) is 11.4 Å². The molecule has 4 N–H and O–H groups in total. The van der Waals surface area contributed by atoms with Crippen LogP contribution in [0.5, 0.6) is 23.0 Å². The van der Waals surface area contributed by atoms with Gasteiger partial charge in [0.1, 0.15) is 28.0 Å². The fourth-order valence-corrected chi connectivity index (χ4v) is 8.84. The summed E-state index contributed by atoms with van der Waals surface area (Å²) < 4.78 is 13.5. The van der Waals surface area contributed by atoms with Crippen LogP contribution < -0.4 is 25.8 Å². The zero-order chi connectivity index (χ0) is 37.5. The third-order valence-corrected chi connectivity index (χ3v) is 11.9. The Morgan fingerprint density at radius 2 is 1.02 bits per heavy atom. The average Bonchev–Trinajstić information content (AvgIpc) is 3.78. The molecule has 7 heteroatoms. The van der Waals surface area contributed by atoms with Gasteiger partial charge in [-0.2, -0.15) is 0 Å². The van der Waals surface area contributed by atoms with Crippen LogP contribution in [-0.4, -0.2) is 4.98 Å². The van der Waals surface area contributed by atoms with Gasteiger partial charge >= 0.3 is 0 Å². The number of hydrogen-bond donors (Lipinski definition) is 2. The standard InChI is InChI=1S/C48H40N4O2S/c1-3-48(4-2)43-29-31(47-51-45-7-5-6-8-46(45)55-47)9-27-41(43)42-28-18-36(30-44(42)48)52(34-14-23-39(24-15-34)53-37-19-10-32(49)11-20-37)35-16-25-40(26-17-35)54-38-21-12-33(50)13-22-38/h5-30H,3-4,49-50H2,1-2H3. The molecule has 1 aliphatic carbocycles. The summed E-state index contributed by atoms with van der Waals surface area (Å²) in [4.78, 5) is 7.31. The second kappa shape index (κ2) is 14.0. The Morgan fingerprint density at radius 3 is 1.55 bits per heavy atom. The lowest BCUT2D eigenvalue weighted by Gasteiger charge is -2.32. The SMILES string of the molecule is CCC1(CC)c2cc(-c3nc4ccccc4s3)ccc2-c2ccc(N(c3ccc(Oc4ccc(N)cc4)cc3)c3ccc(Oc4ccc(N)cc4)cc3)cc21. The van der Waals surface area contributed by atoms with E-state index in [9.17, 15) is 0 Å². The first-order chi connectivity index (χ1) is 26.9. The van der Waals surface area contributed by atoms with Gasteiger partial charge in [0, 0.05) is 39.4 Å². The summed E-state index contributed by atoms with van der Waals surface area (Å²) in [7, 11) is 0. The number of nitrogens with zero attached hydrogens (tertiary/aromatic N) is 2. The number of benzene rings is 7. The van der Waals surface area contributed by atoms with Crippen molar-refractivity contribution in [3.05, 3.63) is 169 Å². The monoisotopic (exact) mass is 736 g/mol. The van der Waals surface area contributed by atoms with E-state index in [2.05, 4.69) is 104 Å². The van der Waals surface area contributed by atoms with E-state index in [1.165, 1.54) is 32.5 Å². The number of aromatic nitrogens is 1. The lowest BCUT2D eigenvalue weighted by molar-refractivity contribution is 0.482. The molecule has 0 amide bonds. The van der Waals surface area contributed by atoms with Crippen LogP contribution in [0.1, 0.15) is 37.8 Å². The van der Waals surface area contributed by atoms with Crippen LogP contribution in [0.3, 0.4) is 0 Å². The van der Waals surface area contributed by atoms with Gasteiger partial charge in [-0.1, -0.05) is 44.2 Å². The van der Waals surface area contributed by atoms with Gasteiger partial charge in [0.05, 0.1) is 10.2 Å². The summed E-state index contributed by atoms with van der Waals surface area (Å²) in [6.45, 7) is 4.63. The first-order valence-corrected chi connectivity index (χ1v) is 19.4. The van der Waals surface area contributed by atoms with E-state index in [0.717, 1.165) is 63.4 Å². The van der Waals surface area contributed by atoms with Crippen molar-refractivity contribution in [3.63, 3.8) is 0 Å². The van der Waals surface area contributed by atoms with Crippen molar-refractivity contribution >= 4 is 50.0 Å². The van der Waals surface area contributed by atoms with Gasteiger partial charge in [0.25, 0.3) is 0 Å². The van der Waals surface area contributed by atoms with E-state index in [-0.39, 0.29) is 5.41 Å². The molecule has 0 atom stereocenters. The van der Waals surface area contributed by atoms with Crippen molar-refractivity contribution in [1.82, 2.24) is 4.98 Å². The predicted molar refractivity (Wildman–Crippen MR) is 228 cm³/mol. The molecule has 0 bridgehead atoms. The first kappa shape index (κ1) is 34.2. The highest BCUT2D eigenvalue weighted by atomic mass is 32.1. The van der Waals surface area contributed by atoms with Gasteiger partial charge < -0.3 is 25.8 Å². The molecule has 0 unspecified atom stereocenters. The van der Waals surface area contributed by atoms with E-state index < -0.39 is 0 Å². The molecule has 8 aromatic rings. The number of thiazole rings is 1. The first-order valence-electron chi connectivity index (χ1n) is 18.6. The number of anilines is 5. The third-order valence-electron chi connectivity index (χ3n) is 10.8.